The van der Waals surface area contributed by atoms with Gasteiger partial charge in [0.15, 0.2) is 6.29 Å². The molecule has 0 aliphatic heterocycles. The van der Waals surface area contributed by atoms with Gasteiger partial charge < -0.3 is 14.6 Å². The van der Waals surface area contributed by atoms with E-state index in [4.69, 9.17) is 14.6 Å². The molecule has 32 heavy (non-hydrogen) atoms. The molecule has 0 aliphatic carbocycles. The second kappa shape index (κ2) is 11.3. The summed E-state index contributed by atoms with van der Waals surface area (Å²) in [6.45, 7) is 0.186. The molecule has 176 valence electrons. The van der Waals surface area contributed by atoms with Crippen LogP contribution in [0.2, 0.25) is 0 Å². The van der Waals surface area contributed by atoms with Crippen LogP contribution < -0.4 is 0 Å². The fourth-order valence-electron chi connectivity index (χ4n) is 2.79. The third kappa shape index (κ3) is 8.88. The number of alkyl halides is 6. The van der Waals surface area contributed by atoms with Crippen LogP contribution in [-0.2, 0) is 39.5 Å². The summed E-state index contributed by atoms with van der Waals surface area (Å²) in [4.78, 5) is 10.8. The molecule has 2 rings (SSSR count). The molecule has 0 aliphatic rings. The standard InChI is InChI=1S/C22H22F6O4/c23-21(24,25)17-5-1-15(2-6-17)11-13-31-20(10-9-19(29)30)32-14-12-16-3-7-18(8-4-16)22(26,27)28/h1-8,20H,9-14H2,(H,29,30). The van der Waals surface area contributed by atoms with E-state index in [0.29, 0.717) is 24.0 Å². The second-order valence-electron chi connectivity index (χ2n) is 6.99. The maximum Gasteiger partial charge on any atom is 0.416 e. The van der Waals surface area contributed by atoms with E-state index in [0.717, 1.165) is 24.3 Å². The smallest absolute Gasteiger partial charge is 0.416 e. The highest BCUT2D eigenvalue weighted by molar-refractivity contribution is 5.66. The highest BCUT2D eigenvalue weighted by atomic mass is 19.4. The van der Waals surface area contributed by atoms with Crippen LogP contribution in [0.25, 0.3) is 0 Å². The van der Waals surface area contributed by atoms with Crippen LogP contribution in [0.15, 0.2) is 48.5 Å². The molecule has 4 nitrogen and oxygen atoms in total. The Bertz CT molecular complexity index is 781. The quantitative estimate of drug-likeness (QED) is 0.341. The Morgan fingerprint density at radius 2 is 1.12 bits per heavy atom. The molecule has 0 bridgehead atoms. The third-order valence-electron chi connectivity index (χ3n) is 4.55. The first kappa shape index (κ1) is 25.7. The molecular formula is C22H22F6O4. The van der Waals surface area contributed by atoms with Crippen LogP contribution in [0.3, 0.4) is 0 Å². The molecule has 0 saturated heterocycles. The Hall–Kier alpha value is -2.59. The zero-order chi connectivity index (χ0) is 23.8. The average Bonchev–Trinajstić information content (AvgIpc) is 2.71. The van der Waals surface area contributed by atoms with E-state index in [9.17, 15) is 31.1 Å². The van der Waals surface area contributed by atoms with E-state index in [1.54, 1.807) is 0 Å². The van der Waals surface area contributed by atoms with Gasteiger partial charge in [-0.25, -0.2) is 0 Å². The second-order valence-corrected chi connectivity index (χ2v) is 6.99. The SMILES string of the molecule is O=C(O)CCC(OCCc1ccc(C(F)(F)F)cc1)OCCc1ccc(C(F)(F)F)cc1. The van der Waals surface area contributed by atoms with Gasteiger partial charge in [-0.2, -0.15) is 26.3 Å². The summed E-state index contributed by atoms with van der Waals surface area (Å²) >= 11 is 0. The van der Waals surface area contributed by atoms with Gasteiger partial charge in [0, 0.05) is 6.42 Å². The third-order valence-corrected chi connectivity index (χ3v) is 4.55. The van der Waals surface area contributed by atoms with Crippen molar-refractivity contribution in [2.45, 2.75) is 44.3 Å². The number of carbonyl (C=O) groups is 1. The molecular weight excluding hydrogens is 442 g/mol. The maximum atomic E-state index is 12.6. The number of carboxylic acid groups (broad SMARTS) is 1. The molecule has 0 amide bonds. The number of benzene rings is 2. The van der Waals surface area contributed by atoms with Crippen molar-refractivity contribution in [1.29, 1.82) is 0 Å². The van der Waals surface area contributed by atoms with Gasteiger partial charge in [0.25, 0.3) is 0 Å². The van der Waals surface area contributed by atoms with Crippen LogP contribution in [0.5, 0.6) is 0 Å². The molecule has 10 heteroatoms. The summed E-state index contributed by atoms with van der Waals surface area (Å²) in [5.41, 5.74) is -0.291. The van der Waals surface area contributed by atoms with E-state index in [2.05, 4.69) is 0 Å². The Morgan fingerprint density at radius 1 is 0.750 bits per heavy atom. The zero-order valence-electron chi connectivity index (χ0n) is 16.9. The van der Waals surface area contributed by atoms with Crippen molar-refractivity contribution >= 4 is 5.97 Å². The normalized spacial score (nSPS) is 12.3. The molecule has 0 heterocycles. The van der Waals surface area contributed by atoms with Gasteiger partial charge >= 0.3 is 18.3 Å². The lowest BCUT2D eigenvalue weighted by Crippen LogP contribution is -2.21. The first-order valence-corrected chi connectivity index (χ1v) is 9.72. The fourth-order valence-corrected chi connectivity index (χ4v) is 2.79. The summed E-state index contributed by atoms with van der Waals surface area (Å²) in [6.07, 6.45) is -9.28. The summed E-state index contributed by atoms with van der Waals surface area (Å²) in [5.74, 6) is -1.05. The summed E-state index contributed by atoms with van der Waals surface area (Å²) in [5, 5.41) is 8.86. The number of aliphatic carboxylic acids is 1. The van der Waals surface area contributed by atoms with Crippen molar-refractivity contribution in [2.24, 2.45) is 0 Å². The molecule has 1 N–H and O–H groups in total. The first-order valence-electron chi connectivity index (χ1n) is 9.72. The van der Waals surface area contributed by atoms with Crippen molar-refractivity contribution in [3.8, 4) is 0 Å². The van der Waals surface area contributed by atoms with Crippen molar-refractivity contribution in [1.82, 2.24) is 0 Å². The lowest BCUT2D eigenvalue weighted by Gasteiger charge is -2.18. The largest absolute Gasteiger partial charge is 0.481 e. The first-order chi connectivity index (χ1) is 14.9. The van der Waals surface area contributed by atoms with Crippen molar-refractivity contribution in [3.05, 3.63) is 70.8 Å². The molecule has 0 fully saturated rings. The van der Waals surface area contributed by atoms with Gasteiger partial charge in [-0.15, -0.1) is 0 Å². The van der Waals surface area contributed by atoms with Gasteiger partial charge in [-0.05, 0) is 48.2 Å². The number of hydrogen-bond acceptors (Lipinski definition) is 3. The van der Waals surface area contributed by atoms with Crippen molar-refractivity contribution < 1.29 is 45.7 Å². The van der Waals surface area contributed by atoms with E-state index in [1.807, 2.05) is 0 Å². The minimum absolute atomic E-state index is 0.0509. The summed E-state index contributed by atoms with van der Waals surface area (Å²) < 4.78 is 86.7. The van der Waals surface area contributed by atoms with Crippen LogP contribution in [0, 0.1) is 0 Å². The summed E-state index contributed by atoms with van der Waals surface area (Å²) in [7, 11) is 0. The van der Waals surface area contributed by atoms with Gasteiger partial charge in [-0.3, -0.25) is 4.79 Å². The van der Waals surface area contributed by atoms with Crippen LogP contribution in [0.1, 0.15) is 35.1 Å². The maximum absolute atomic E-state index is 12.6. The van der Waals surface area contributed by atoms with E-state index < -0.39 is 35.7 Å². The molecule has 2 aromatic rings. The van der Waals surface area contributed by atoms with Gasteiger partial charge in [0.05, 0.1) is 30.8 Å². The molecule has 2 aromatic carbocycles. The number of rotatable bonds is 11. The molecule has 0 radical (unpaired) electrons. The fraction of sp³-hybridized carbons (Fsp3) is 0.409. The average molecular weight is 464 g/mol. The van der Waals surface area contributed by atoms with Gasteiger partial charge in [0.1, 0.15) is 0 Å². The van der Waals surface area contributed by atoms with Crippen LogP contribution in [0.4, 0.5) is 26.3 Å². The van der Waals surface area contributed by atoms with E-state index in [1.165, 1.54) is 24.3 Å². The molecule has 0 aromatic heterocycles. The Balaban J connectivity index is 1.83. The predicted molar refractivity (Wildman–Crippen MR) is 103 cm³/mol. The zero-order valence-corrected chi connectivity index (χ0v) is 16.9. The topological polar surface area (TPSA) is 55.8 Å². The Kier molecular flexibility index (Phi) is 9.09. The lowest BCUT2D eigenvalue weighted by molar-refractivity contribution is -0.155. The molecule has 0 saturated carbocycles. The number of carboxylic acids is 1. The van der Waals surface area contributed by atoms with Gasteiger partial charge in [0.2, 0.25) is 0 Å². The predicted octanol–water partition coefficient (Wildman–Crippen LogP) is 5.73. The number of ether oxygens (including phenoxy) is 2. The molecule has 0 unspecified atom stereocenters. The van der Waals surface area contributed by atoms with E-state index in [-0.39, 0.29) is 26.1 Å². The minimum Gasteiger partial charge on any atom is -0.481 e. The monoisotopic (exact) mass is 464 g/mol. The Morgan fingerprint density at radius 3 is 1.44 bits per heavy atom. The van der Waals surface area contributed by atoms with Crippen LogP contribution >= 0.6 is 0 Å². The lowest BCUT2D eigenvalue weighted by atomic mass is 10.1. The Labute approximate surface area is 180 Å². The number of hydrogen-bond donors (Lipinski definition) is 1. The van der Waals surface area contributed by atoms with Crippen LogP contribution in [-0.4, -0.2) is 30.6 Å². The number of halogens is 6. The van der Waals surface area contributed by atoms with Crippen molar-refractivity contribution in [2.75, 3.05) is 13.2 Å². The molecule has 0 atom stereocenters. The minimum atomic E-state index is -4.42. The van der Waals surface area contributed by atoms with E-state index >= 15 is 0 Å². The van der Waals surface area contributed by atoms with Gasteiger partial charge in [-0.1, -0.05) is 24.3 Å². The summed E-state index contributed by atoms with van der Waals surface area (Å²) in [6, 6.07) is 9.23. The highest BCUT2D eigenvalue weighted by Crippen LogP contribution is 2.30. The van der Waals surface area contributed by atoms with Crippen molar-refractivity contribution in [3.63, 3.8) is 0 Å². The molecule has 0 spiro atoms. The highest BCUT2D eigenvalue weighted by Gasteiger charge is 2.30.